The molecule has 1 saturated heterocycles. The summed E-state index contributed by atoms with van der Waals surface area (Å²) in [6.45, 7) is 5.29. The third-order valence-electron chi connectivity index (χ3n) is 5.04. The molecule has 2 heterocycles. The van der Waals surface area contributed by atoms with Crippen LogP contribution >= 0.6 is 0 Å². The first-order valence-electron chi connectivity index (χ1n) is 9.80. The van der Waals surface area contributed by atoms with Gasteiger partial charge in [0.25, 0.3) is 0 Å². The number of carbonyl (C=O) groups excluding carboxylic acids is 2. The van der Waals surface area contributed by atoms with Crippen LogP contribution in [0.5, 0.6) is 0 Å². The van der Waals surface area contributed by atoms with Crippen molar-refractivity contribution < 1.29 is 14.0 Å². The summed E-state index contributed by atoms with van der Waals surface area (Å²) in [5.74, 6) is 1.23. The van der Waals surface area contributed by atoms with Crippen LogP contribution in [-0.4, -0.2) is 54.8 Å². The van der Waals surface area contributed by atoms with Gasteiger partial charge >= 0.3 is 0 Å². The highest BCUT2D eigenvalue weighted by Gasteiger charge is 2.19. The molecule has 0 unspecified atom stereocenters. The fourth-order valence-corrected chi connectivity index (χ4v) is 3.67. The van der Waals surface area contributed by atoms with Crippen molar-refractivity contribution in [2.24, 2.45) is 0 Å². The predicted octanol–water partition coefficient (Wildman–Crippen LogP) is 2.56. The van der Waals surface area contributed by atoms with Crippen molar-refractivity contribution in [3.63, 3.8) is 0 Å². The van der Waals surface area contributed by atoms with Crippen LogP contribution in [0.1, 0.15) is 37.5 Å². The van der Waals surface area contributed by atoms with Crippen LogP contribution in [0.3, 0.4) is 0 Å². The van der Waals surface area contributed by atoms with Crippen LogP contribution in [0.25, 0.3) is 11.0 Å². The van der Waals surface area contributed by atoms with Crippen molar-refractivity contribution in [2.45, 2.75) is 39.2 Å². The Morgan fingerprint density at radius 2 is 2.15 bits per heavy atom. The number of carbonyl (C=O) groups is 2. The van der Waals surface area contributed by atoms with Crippen LogP contribution < -0.4 is 5.32 Å². The lowest BCUT2D eigenvalue weighted by atomic mass is 10.1. The summed E-state index contributed by atoms with van der Waals surface area (Å²) in [5.41, 5.74) is 2.06. The molecule has 1 fully saturated rings. The quantitative estimate of drug-likeness (QED) is 0.688. The Hall–Kier alpha value is -2.34. The molecule has 2 aromatic rings. The molecule has 6 nitrogen and oxygen atoms in total. The summed E-state index contributed by atoms with van der Waals surface area (Å²) in [6.07, 6.45) is 3.25. The minimum absolute atomic E-state index is 0.0103. The average Bonchev–Trinajstić information content (AvgIpc) is 3.22. The second kappa shape index (κ2) is 9.04. The van der Waals surface area contributed by atoms with Gasteiger partial charge in [0, 0.05) is 50.0 Å². The average molecular weight is 371 g/mol. The number of likely N-dealkylation sites (tertiary alicyclic amines) is 1. The van der Waals surface area contributed by atoms with Crippen molar-refractivity contribution in [2.75, 3.05) is 33.2 Å². The van der Waals surface area contributed by atoms with E-state index >= 15 is 0 Å². The van der Waals surface area contributed by atoms with E-state index in [1.54, 1.807) is 0 Å². The van der Waals surface area contributed by atoms with Gasteiger partial charge in [0.15, 0.2) is 0 Å². The van der Waals surface area contributed by atoms with Crippen LogP contribution in [-0.2, 0) is 22.6 Å². The normalized spacial score (nSPS) is 14.5. The molecule has 146 valence electrons. The van der Waals surface area contributed by atoms with E-state index in [1.165, 1.54) is 0 Å². The van der Waals surface area contributed by atoms with E-state index in [4.69, 9.17) is 4.42 Å². The molecule has 2 amide bonds. The molecular formula is C21H29N3O3. The highest BCUT2D eigenvalue weighted by molar-refractivity contribution is 5.82. The molecule has 0 atom stereocenters. The zero-order chi connectivity index (χ0) is 19.2. The van der Waals surface area contributed by atoms with Crippen LogP contribution in [0.2, 0.25) is 0 Å². The smallest absolute Gasteiger partial charge is 0.234 e. The second-order valence-corrected chi connectivity index (χ2v) is 7.21. The molecule has 1 aromatic heterocycles. The summed E-state index contributed by atoms with van der Waals surface area (Å²) in [4.78, 5) is 27.7. The van der Waals surface area contributed by atoms with Gasteiger partial charge in [0.05, 0.1) is 6.54 Å². The zero-order valence-corrected chi connectivity index (χ0v) is 16.3. The highest BCUT2D eigenvalue weighted by atomic mass is 16.3. The highest BCUT2D eigenvalue weighted by Crippen LogP contribution is 2.27. The maximum atomic E-state index is 12.2. The Kier molecular flexibility index (Phi) is 6.50. The Bertz CT molecular complexity index is 799. The zero-order valence-electron chi connectivity index (χ0n) is 16.3. The van der Waals surface area contributed by atoms with Gasteiger partial charge in [-0.1, -0.05) is 25.1 Å². The van der Waals surface area contributed by atoms with Gasteiger partial charge in [-0.05, 0) is 26.0 Å². The number of rotatable bonds is 9. The number of benzene rings is 1. The number of hydrogen-bond donors (Lipinski definition) is 1. The van der Waals surface area contributed by atoms with Gasteiger partial charge in [-0.3, -0.25) is 14.5 Å². The number of fused-ring (bicyclic) bond motifs is 1. The molecule has 0 radical (unpaired) electrons. The number of aryl methyl sites for hydroxylation is 1. The SMILES string of the molecule is CCc1oc2ccccc2c1CN(C)CC(=O)NCCCN1CCCC1=O. The molecule has 3 rings (SSSR count). The van der Waals surface area contributed by atoms with E-state index in [9.17, 15) is 9.59 Å². The molecule has 1 aromatic carbocycles. The molecule has 0 aliphatic carbocycles. The molecule has 1 N–H and O–H groups in total. The molecule has 1 aliphatic heterocycles. The van der Waals surface area contributed by atoms with Crippen LogP contribution in [0, 0.1) is 0 Å². The molecule has 27 heavy (non-hydrogen) atoms. The summed E-state index contributed by atoms with van der Waals surface area (Å²) < 4.78 is 5.93. The topological polar surface area (TPSA) is 65.8 Å². The molecule has 0 spiro atoms. The third-order valence-corrected chi connectivity index (χ3v) is 5.04. The van der Waals surface area contributed by atoms with Gasteiger partial charge in [-0.15, -0.1) is 0 Å². The Morgan fingerprint density at radius 3 is 2.89 bits per heavy atom. The lowest BCUT2D eigenvalue weighted by molar-refractivity contribution is -0.127. The Balaban J connectivity index is 1.45. The number of para-hydroxylation sites is 1. The Morgan fingerprint density at radius 1 is 1.33 bits per heavy atom. The van der Waals surface area contributed by atoms with Gasteiger partial charge in [0.2, 0.25) is 11.8 Å². The number of hydrogen-bond acceptors (Lipinski definition) is 4. The second-order valence-electron chi connectivity index (χ2n) is 7.21. The summed E-state index contributed by atoms with van der Waals surface area (Å²) >= 11 is 0. The van der Waals surface area contributed by atoms with E-state index < -0.39 is 0 Å². The van der Waals surface area contributed by atoms with Gasteiger partial charge in [-0.25, -0.2) is 0 Å². The number of nitrogens with one attached hydrogen (secondary N) is 1. The maximum absolute atomic E-state index is 12.2. The standard InChI is InChI=1S/C21H29N3O3/c1-3-18-17(16-8-4-5-9-19(16)27-18)14-23(2)15-20(25)22-11-7-13-24-12-6-10-21(24)26/h4-5,8-9H,3,6-7,10-15H2,1-2H3,(H,22,25). The van der Waals surface area contributed by atoms with Gasteiger partial charge in [0.1, 0.15) is 11.3 Å². The van der Waals surface area contributed by atoms with E-state index in [1.807, 2.05) is 35.0 Å². The first kappa shape index (κ1) is 19.4. The fourth-order valence-electron chi connectivity index (χ4n) is 3.67. The molecule has 6 heteroatoms. The number of nitrogens with zero attached hydrogens (tertiary/aromatic N) is 2. The Labute approximate surface area is 160 Å². The third kappa shape index (κ3) is 4.89. The van der Waals surface area contributed by atoms with E-state index in [0.29, 0.717) is 26.1 Å². The van der Waals surface area contributed by atoms with Crippen molar-refractivity contribution >= 4 is 22.8 Å². The number of amides is 2. The summed E-state index contributed by atoms with van der Waals surface area (Å²) in [6, 6.07) is 8.04. The lowest BCUT2D eigenvalue weighted by Gasteiger charge is -2.18. The van der Waals surface area contributed by atoms with E-state index in [-0.39, 0.29) is 11.8 Å². The van der Waals surface area contributed by atoms with Crippen molar-refractivity contribution in [1.82, 2.24) is 15.1 Å². The molecule has 1 aliphatic rings. The van der Waals surface area contributed by atoms with Crippen molar-refractivity contribution in [3.05, 3.63) is 35.6 Å². The van der Waals surface area contributed by atoms with Crippen molar-refractivity contribution in [3.8, 4) is 0 Å². The summed E-state index contributed by atoms with van der Waals surface area (Å²) in [7, 11) is 1.95. The minimum Gasteiger partial charge on any atom is -0.461 e. The molecule has 0 bridgehead atoms. The minimum atomic E-state index is 0.0103. The number of likely N-dealkylation sites (N-methyl/N-ethyl adjacent to an activating group) is 1. The van der Waals surface area contributed by atoms with Crippen LogP contribution in [0.4, 0.5) is 0 Å². The summed E-state index contributed by atoms with van der Waals surface area (Å²) in [5, 5.41) is 4.08. The maximum Gasteiger partial charge on any atom is 0.234 e. The molecular weight excluding hydrogens is 342 g/mol. The van der Waals surface area contributed by atoms with Gasteiger partial charge in [-0.2, -0.15) is 0 Å². The first-order valence-corrected chi connectivity index (χ1v) is 9.80. The monoisotopic (exact) mass is 371 g/mol. The van der Waals surface area contributed by atoms with Crippen LogP contribution in [0.15, 0.2) is 28.7 Å². The van der Waals surface area contributed by atoms with E-state index in [2.05, 4.69) is 18.3 Å². The predicted molar refractivity (Wildman–Crippen MR) is 105 cm³/mol. The largest absolute Gasteiger partial charge is 0.461 e. The fraction of sp³-hybridized carbons (Fsp3) is 0.524. The molecule has 0 saturated carbocycles. The van der Waals surface area contributed by atoms with E-state index in [0.717, 1.165) is 54.6 Å². The van der Waals surface area contributed by atoms with Gasteiger partial charge < -0.3 is 14.6 Å². The lowest BCUT2D eigenvalue weighted by Crippen LogP contribution is -2.36. The first-order chi connectivity index (χ1) is 13.1. The van der Waals surface area contributed by atoms with Crippen molar-refractivity contribution in [1.29, 1.82) is 0 Å². The number of furan rings is 1.